The lowest BCUT2D eigenvalue weighted by molar-refractivity contribution is 0.107. The summed E-state index contributed by atoms with van der Waals surface area (Å²) in [4.78, 5) is 0. The zero-order valence-corrected chi connectivity index (χ0v) is 13.8. The predicted molar refractivity (Wildman–Crippen MR) is 85.1 cm³/mol. The van der Waals surface area contributed by atoms with E-state index in [0.29, 0.717) is 11.3 Å². The molecule has 1 aliphatic carbocycles. The fourth-order valence-electron chi connectivity index (χ4n) is 4.39. The van der Waals surface area contributed by atoms with Crippen molar-refractivity contribution in [3.63, 3.8) is 0 Å². The first-order valence-electron chi connectivity index (χ1n) is 7.61. The largest absolute Gasteiger partial charge is 0.496 e. The second-order valence-electron chi connectivity index (χ2n) is 7.65. The molecule has 1 aromatic carbocycles. The van der Waals surface area contributed by atoms with Gasteiger partial charge in [0.1, 0.15) is 5.75 Å². The summed E-state index contributed by atoms with van der Waals surface area (Å²) in [6.07, 6.45) is 3.39. The van der Waals surface area contributed by atoms with Gasteiger partial charge in [0.2, 0.25) is 0 Å². The topological polar surface area (TPSA) is 35.2 Å². The fraction of sp³-hybridized carbons (Fsp3) is 0.667. The molecular formula is C18H29NO. The van der Waals surface area contributed by atoms with Crippen molar-refractivity contribution in [3.05, 3.63) is 28.8 Å². The number of nitrogens with two attached hydrogens (primary N) is 1. The summed E-state index contributed by atoms with van der Waals surface area (Å²) in [7, 11) is 1.73. The van der Waals surface area contributed by atoms with E-state index in [4.69, 9.17) is 10.5 Å². The van der Waals surface area contributed by atoms with Crippen LogP contribution in [0.25, 0.3) is 0 Å². The summed E-state index contributed by atoms with van der Waals surface area (Å²) < 4.78 is 5.42. The lowest BCUT2D eigenvalue weighted by atomic mass is 9.62. The molecule has 0 amide bonds. The van der Waals surface area contributed by atoms with Gasteiger partial charge in [-0.2, -0.15) is 0 Å². The highest BCUT2D eigenvalue weighted by molar-refractivity contribution is 5.45. The highest BCUT2D eigenvalue weighted by Crippen LogP contribution is 2.48. The van der Waals surface area contributed by atoms with Crippen molar-refractivity contribution in [1.29, 1.82) is 0 Å². The molecule has 0 saturated heterocycles. The molecule has 0 heterocycles. The molecule has 20 heavy (non-hydrogen) atoms. The number of hydrogen-bond donors (Lipinski definition) is 1. The summed E-state index contributed by atoms with van der Waals surface area (Å²) >= 11 is 0. The molecular weight excluding hydrogens is 246 g/mol. The Kier molecular flexibility index (Phi) is 3.90. The standard InChI is InChI=1S/C18H29NO/c1-12-9-17(4,5)11-18(19,10-12)15-7-14(3)16(20-6)8-13(15)2/h7-8,12H,9-11,19H2,1-6H3. The van der Waals surface area contributed by atoms with E-state index in [0.717, 1.165) is 18.6 Å². The van der Waals surface area contributed by atoms with E-state index in [1.807, 2.05) is 0 Å². The van der Waals surface area contributed by atoms with Gasteiger partial charge >= 0.3 is 0 Å². The zero-order valence-electron chi connectivity index (χ0n) is 13.8. The van der Waals surface area contributed by atoms with Crippen LogP contribution < -0.4 is 10.5 Å². The minimum absolute atomic E-state index is 0.206. The maximum atomic E-state index is 6.87. The molecule has 2 nitrogen and oxygen atoms in total. The van der Waals surface area contributed by atoms with Crippen LogP contribution in [0, 0.1) is 25.2 Å². The van der Waals surface area contributed by atoms with Gasteiger partial charge in [-0.25, -0.2) is 0 Å². The molecule has 0 spiro atoms. The number of ether oxygens (including phenoxy) is 1. The van der Waals surface area contributed by atoms with Crippen LogP contribution in [-0.4, -0.2) is 7.11 Å². The highest BCUT2D eigenvalue weighted by atomic mass is 16.5. The van der Waals surface area contributed by atoms with Crippen LogP contribution in [-0.2, 0) is 5.54 Å². The van der Waals surface area contributed by atoms with Crippen LogP contribution in [0.4, 0.5) is 0 Å². The van der Waals surface area contributed by atoms with Gasteiger partial charge in [0.05, 0.1) is 7.11 Å². The zero-order chi connectivity index (χ0) is 15.1. The molecule has 2 rings (SSSR count). The Morgan fingerprint density at radius 3 is 2.35 bits per heavy atom. The smallest absolute Gasteiger partial charge is 0.122 e. The van der Waals surface area contributed by atoms with E-state index in [1.165, 1.54) is 23.1 Å². The van der Waals surface area contributed by atoms with Gasteiger partial charge in [-0.3, -0.25) is 0 Å². The van der Waals surface area contributed by atoms with E-state index in [2.05, 4.69) is 46.8 Å². The van der Waals surface area contributed by atoms with E-state index in [9.17, 15) is 0 Å². The van der Waals surface area contributed by atoms with Crippen molar-refractivity contribution in [2.75, 3.05) is 7.11 Å². The van der Waals surface area contributed by atoms with Crippen molar-refractivity contribution in [1.82, 2.24) is 0 Å². The second-order valence-corrected chi connectivity index (χ2v) is 7.65. The van der Waals surface area contributed by atoms with Crippen LogP contribution >= 0.6 is 0 Å². The van der Waals surface area contributed by atoms with Crippen LogP contribution in [0.3, 0.4) is 0 Å². The monoisotopic (exact) mass is 275 g/mol. The first-order chi connectivity index (χ1) is 9.17. The fourth-order valence-corrected chi connectivity index (χ4v) is 4.39. The Hall–Kier alpha value is -1.02. The molecule has 1 aliphatic rings. The highest BCUT2D eigenvalue weighted by Gasteiger charge is 2.42. The Bertz CT molecular complexity index is 506. The molecule has 0 radical (unpaired) electrons. The van der Waals surface area contributed by atoms with Gasteiger partial charge in [0, 0.05) is 5.54 Å². The third kappa shape index (κ3) is 2.85. The number of benzene rings is 1. The van der Waals surface area contributed by atoms with Crippen LogP contribution in [0.5, 0.6) is 5.75 Å². The molecule has 2 N–H and O–H groups in total. The van der Waals surface area contributed by atoms with Crippen molar-refractivity contribution < 1.29 is 4.74 Å². The van der Waals surface area contributed by atoms with Crippen molar-refractivity contribution in [2.24, 2.45) is 17.1 Å². The summed E-state index contributed by atoms with van der Waals surface area (Å²) in [5.74, 6) is 1.63. The first-order valence-corrected chi connectivity index (χ1v) is 7.61. The lowest BCUT2D eigenvalue weighted by Gasteiger charge is -2.46. The number of rotatable bonds is 2. The normalized spacial score (nSPS) is 29.2. The minimum atomic E-state index is -0.206. The molecule has 1 saturated carbocycles. The van der Waals surface area contributed by atoms with E-state index >= 15 is 0 Å². The summed E-state index contributed by atoms with van der Waals surface area (Å²) in [5.41, 5.74) is 10.7. The van der Waals surface area contributed by atoms with E-state index in [-0.39, 0.29) is 5.54 Å². The van der Waals surface area contributed by atoms with E-state index < -0.39 is 0 Å². The van der Waals surface area contributed by atoms with Gasteiger partial charge in [0.15, 0.2) is 0 Å². The van der Waals surface area contributed by atoms with Gasteiger partial charge in [-0.15, -0.1) is 0 Å². The van der Waals surface area contributed by atoms with Crippen LogP contribution in [0.1, 0.15) is 56.7 Å². The van der Waals surface area contributed by atoms with Crippen LogP contribution in [0.15, 0.2) is 12.1 Å². The molecule has 2 heteroatoms. The van der Waals surface area contributed by atoms with Crippen molar-refractivity contribution >= 4 is 0 Å². The van der Waals surface area contributed by atoms with Gasteiger partial charge in [0.25, 0.3) is 0 Å². The molecule has 0 bridgehead atoms. The third-order valence-electron chi connectivity index (χ3n) is 4.69. The molecule has 0 aliphatic heterocycles. The summed E-state index contributed by atoms with van der Waals surface area (Å²) in [6.45, 7) is 11.3. The maximum absolute atomic E-state index is 6.87. The van der Waals surface area contributed by atoms with Gasteiger partial charge in [-0.1, -0.05) is 26.8 Å². The number of methoxy groups -OCH3 is 1. The SMILES string of the molecule is COc1cc(C)c(C2(N)CC(C)CC(C)(C)C2)cc1C. The predicted octanol–water partition coefficient (Wildman–Crippen LogP) is 4.31. The Morgan fingerprint density at radius 2 is 1.80 bits per heavy atom. The number of aryl methyl sites for hydroxylation is 2. The number of hydrogen-bond acceptors (Lipinski definition) is 2. The average molecular weight is 275 g/mol. The average Bonchev–Trinajstić information content (AvgIpc) is 2.28. The lowest BCUT2D eigenvalue weighted by Crippen LogP contribution is -2.47. The maximum Gasteiger partial charge on any atom is 0.122 e. The molecule has 1 aromatic rings. The van der Waals surface area contributed by atoms with Gasteiger partial charge in [-0.05, 0) is 67.2 Å². The summed E-state index contributed by atoms with van der Waals surface area (Å²) in [6, 6.07) is 4.37. The molecule has 2 unspecified atom stereocenters. The Labute approximate surface area is 123 Å². The molecule has 2 atom stereocenters. The molecule has 0 aromatic heterocycles. The molecule has 1 fully saturated rings. The van der Waals surface area contributed by atoms with Crippen LogP contribution in [0.2, 0.25) is 0 Å². The van der Waals surface area contributed by atoms with Crippen molar-refractivity contribution in [2.45, 2.75) is 59.4 Å². The Balaban J connectivity index is 2.46. The van der Waals surface area contributed by atoms with Crippen molar-refractivity contribution in [3.8, 4) is 5.75 Å². The molecule has 112 valence electrons. The quantitative estimate of drug-likeness (QED) is 0.872. The van der Waals surface area contributed by atoms with Gasteiger partial charge < -0.3 is 10.5 Å². The Morgan fingerprint density at radius 1 is 1.15 bits per heavy atom. The summed E-state index contributed by atoms with van der Waals surface area (Å²) in [5, 5.41) is 0. The first kappa shape index (κ1) is 15.4. The van der Waals surface area contributed by atoms with E-state index in [1.54, 1.807) is 7.11 Å². The second kappa shape index (κ2) is 5.07. The minimum Gasteiger partial charge on any atom is -0.496 e. The third-order valence-corrected chi connectivity index (χ3v) is 4.69.